The molecule has 0 bridgehead atoms. The first-order valence-corrected chi connectivity index (χ1v) is 6.74. The lowest BCUT2D eigenvalue weighted by molar-refractivity contribution is 0.635. The van der Waals surface area contributed by atoms with Gasteiger partial charge in [-0.15, -0.1) is 0 Å². The fourth-order valence-corrected chi connectivity index (χ4v) is 2.25. The predicted molar refractivity (Wildman–Crippen MR) is 75.6 cm³/mol. The van der Waals surface area contributed by atoms with Gasteiger partial charge in [-0.2, -0.15) is 0 Å². The number of hydrogen-bond acceptors (Lipinski definition) is 1. The van der Waals surface area contributed by atoms with Crippen molar-refractivity contribution in [3.63, 3.8) is 0 Å². The van der Waals surface area contributed by atoms with Crippen LogP contribution in [0.5, 0.6) is 5.75 Å². The maximum Gasteiger partial charge on any atom is 0.123 e. The van der Waals surface area contributed by atoms with Gasteiger partial charge in [0.1, 0.15) is 14.6 Å². The molecule has 2 aromatic rings. The molecule has 0 aliphatic heterocycles. The number of benzene rings is 2. The predicted octanol–water partition coefficient (Wildman–Crippen LogP) is 4.11. The smallest absolute Gasteiger partial charge is 0.123 e. The van der Waals surface area contributed by atoms with Crippen LogP contribution in [-0.4, -0.2) is 0 Å². The molecule has 0 saturated heterocycles. The molecular formula is C15H17OP. The van der Waals surface area contributed by atoms with Crippen LogP contribution in [0.15, 0.2) is 54.6 Å². The van der Waals surface area contributed by atoms with Crippen LogP contribution in [0, 0.1) is 0 Å². The van der Waals surface area contributed by atoms with Crippen LogP contribution < -0.4 is 9.83 Å². The van der Waals surface area contributed by atoms with E-state index in [4.69, 9.17) is 4.52 Å². The van der Waals surface area contributed by atoms with Gasteiger partial charge in [0.2, 0.25) is 0 Å². The normalized spacial score (nSPS) is 11.2. The molecule has 0 radical (unpaired) electrons. The third-order valence-electron chi connectivity index (χ3n) is 2.59. The highest BCUT2D eigenvalue weighted by atomic mass is 31.1. The van der Waals surface area contributed by atoms with E-state index in [9.17, 15) is 0 Å². The van der Waals surface area contributed by atoms with Crippen molar-refractivity contribution in [2.24, 2.45) is 0 Å². The molecule has 0 aliphatic rings. The molecule has 17 heavy (non-hydrogen) atoms. The fraction of sp³-hybridized carbons (Fsp3) is 0.200. The molecular weight excluding hydrogens is 227 g/mol. The summed E-state index contributed by atoms with van der Waals surface area (Å²) in [5, 5.41) is 1.22. The topological polar surface area (TPSA) is 9.23 Å². The molecule has 0 N–H and O–H groups in total. The van der Waals surface area contributed by atoms with Crippen LogP contribution in [0.2, 0.25) is 0 Å². The van der Waals surface area contributed by atoms with Crippen LogP contribution in [0.25, 0.3) is 0 Å². The van der Waals surface area contributed by atoms with Crippen LogP contribution >= 0.6 is 8.81 Å². The molecule has 0 fully saturated rings. The average molecular weight is 244 g/mol. The van der Waals surface area contributed by atoms with Crippen LogP contribution in [0.1, 0.15) is 25.3 Å². The maximum absolute atomic E-state index is 5.81. The Balaban J connectivity index is 2.02. The standard InChI is InChI=1S/C15H17OP/c1-12(2)13-7-6-8-14(11-13)16-17-15-9-4-3-5-10-15/h3-12,17H,1-2H3. The van der Waals surface area contributed by atoms with E-state index in [1.54, 1.807) is 0 Å². The van der Waals surface area contributed by atoms with Crippen molar-refractivity contribution in [1.82, 2.24) is 0 Å². The first-order chi connectivity index (χ1) is 8.25. The summed E-state index contributed by atoms with van der Waals surface area (Å²) in [6.07, 6.45) is 0. The Kier molecular flexibility index (Phi) is 4.17. The molecule has 2 rings (SSSR count). The van der Waals surface area contributed by atoms with Gasteiger partial charge in [0.05, 0.1) is 0 Å². The largest absolute Gasteiger partial charge is 0.472 e. The first kappa shape index (κ1) is 12.1. The van der Waals surface area contributed by atoms with Crippen molar-refractivity contribution < 1.29 is 4.52 Å². The van der Waals surface area contributed by atoms with E-state index in [0.717, 1.165) is 5.75 Å². The molecule has 0 aliphatic carbocycles. The third-order valence-corrected chi connectivity index (χ3v) is 3.49. The van der Waals surface area contributed by atoms with Gasteiger partial charge in [-0.25, -0.2) is 0 Å². The van der Waals surface area contributed by atoms with E-state index in [1.807, 2.05) is 24.3 Å². The molecule has 0 saturated carbocycles. The molecule has 0 heterocycles. The summed E-state index contributed by atoms with van der Waals surface area (Å²) in [6, 6.07) is 18.6. The second-order valence-electron chi connectivity index (χ2n) is 4.30. The Morgan fingerprint density at radius 1 is 0.941 bits per heavy atom. The Bertz CT molecular complexity index is 465. The Morgan fingerprint density at radius 2 is 1.71 bits per heavy atom. The lowest BCUT2D eigenvalue weighted by Crippen LogP contribution is -1.95. The van der Waals surface area contributed by atoms with Crippen LogP contribution in [0.4, 0.5) is 0 Å². The molecule has 1 atom stereocenters. The number of rotatable bonds is 4. The molecule has 0 spiro atoms. The second kappa shape index (κ2) is 5.84. The summed E-state index contributed by atoms with van der Waals surface area (Å²) in [4.78, 5) is 0. The van der Waals surface area contributed by atoms with E-state index >= 15 is 0 Å². The van der Waals surface area contributed by atoms with Crippen molar-refractivity contribution in [2.75, 3.05) is 0 Å². The highest BCUT2D eigenvalue weighted by Crippen LogP contribution is 2.24. The Labute approximate surface area is 105 Å². The van der Waals surface area contributed by atoms with Crippen molar-refractivity contribution >= 4 is 14.1 Å². The quantitative estimate of drug-likeness (QED) is 0.735. The van der Waals surface area contributed by atoms with Gasteiger partial charge in [-0.1, -0.05) is 56.3 Å². The molecule has 1 unspecified atom stereocenters. The van der Waals surface area contributed by atoms with Gasteiger partial charge in [-0.05, 0) is 23.6 Å². The van der Waals surface area contributed by atoms with Gasteiger partial charge in [-0.3, -0.25) is 0 Å². The van der Waals surface area contributed by atoms with Gasteiger partial charge in [0.15, 0.2) is 0 Å². The lowest BCUT2D eigenvalue weighted by atomic mass is 10.0. The summed E-state index contributed by atoms with van der Waals surface area (Å²) < 4.78 is 5.81. The van der Waals surface area contributed by atoms with E-state index < -0.39 is 0 Å². The molecule has 0 aromatic heterocycles. The number of hydrogen-bond donors (Lipinski definition) is 0. The summed E-state index contributed by atoms with van der Waals surface area (Å²) in [7, 11) is 0.372. The van der Waals surface area contributed by atoms with Crippen LogP contribution in [0.3, 0.4) is 0 Å². The minimum atomic E-state index is 0.372. The van der Waals surface area contributed by atoms with E-state index in [2.05, 4.69) is 44.2 Å². The van der Waals surface area contributed by atoms with Crippen molar-refractivity contribution in [3.8, 4) is 5.75 Å². The van der Waals surface area contributed by atoms with Crippen molar-refractivity contribution in [2.45, 2.75) is 19.8 Å². The van der Waals surface area contributed by atoms with Gasteiger partial charge in [0.25, 0.3) is 0 Å². The van der Waals surface area contributed by atoms with Crippen molar-refractivity contribution in [3.05, 3.63) is 60.2 Å². The summed E-state index contributed by atoms with van der Waals surface area (Å²) in [5.41, 5.74) is 1.32. The van der Waals surface area contributed by atoms with E-state index in [1.165, 1.54) is 10.9 Å². The zero-order valence-electron chi connectivity index (χ0n) is 10.2. The Morgan fingerprint density at radius 3 is 2.41 bits per heavy atom. The fourth-order valence-electron chi connectivity index (χ4n) is 1.56. The third kappa shape index (κ3) is 3.57. The lowest BCUT2D eigenvalue weighted by Gasteiger charge is -2.09. The van der Waals surface area contributed by atoms with E-state index in [-0.39, 0.29) is 0 Å². The molecule has 0 amide bonds. The molecule has 88 valence electrons. The highest BCUT2D eigenvalue weighted by molar-refractivity contribution is 7.42. The highest BCUT2D eigenvalue weighted by Gasteiger charge is 2.01. The second-order valence-corrected chi connectivity index (χ2v) is 5.28. The van der Waals surface area contributed by atoms with E-state index in [0.29, 0.717) is 14.7 Å². The summed E-state index contributed by atoms with van der Waals surface area (Å²) in [5.74, 6) is 1.50. The summed E-state index contributed by atoms with van der Waals surface area (Å²) in [6.45, 7) is 4.39. The summed E-state index contributed by atoms with van der Waals surface area (Å²) >= 11 is 0. The maximum atomic E-state index is 5.81. The monoisotopic (exact) mass is 244 g/mol. The van der Waals surface area contributed by atoms with Gasteiger partial charge in [0, 0.05) is 5.30 Å². The average Bonchev–Trinajstić information content (AvgIpc) is 2.38. The Hall–Kier alpha value is -1.33. The van der Waals surface area contributed by atoms with Crippen molar-refractivity contribution in [1.29, 1.82) is 0 Å². The minimum Gasteiger partial charge on any atom is -0.472 e. The zero-order chi connectivity index (χ0) is 12.1. The van der Waals surface area contributed by atoms with Gasteiger partial charge >= 0.3 is 0 Å². The minimum absolute atomic E-state index is 0.372. The molecule has 2 heteroatoms. The SMILES string of the molecule is CC(C)c1cccc(OPc2ccccc2)c1. The molecule has 1 nitrogen and oxygen atoms in total. The van der Waals surface area contributed by atoms with Gasteiger partial charge < -0.3 is 4.52 Å². The van der Waals surface area contributed by atoms with Crippen LogP contribution in [-0.2, 0) is 0 Å². The molecule has 2 aromatic carbocycles. The first-order valence-electron chi connectivity index (χ1n) is 5.83. The zero-order valence-corrected chi connectivity index (χ0v) is 11.2.